The summed E-state index contributed by atoms with van der Waals surface area (Å²) < 4.78 is 10.8. The van der Waals surface area contributed by atoms with Crippen LogP contribution in [0.15, 0.2) is 47.5 Å². The Morgan fingerprint density at radius 3 is 2.34 bits per heavy atom. The summed E-state index contributed by atoms with van der Waals surface area (Å²) in [6.45, 7) is 2.10. The van der Waals surface area contributed by atoms with E-state index >= 15 is 0 Å². The molecule has 0 aromatic heterocycles. The van der Waals surface area contributed by atoms with Gasteiger partial charge in [0.15, 0.2) is 5.96 Å². The third kappa shape index (κ3) is 6.62. The molecule has 1 fully saturated rings. The fourth-order valence-electron chi connectivity index (χ4n) is 3.66. The maximum absolute atomic E-state index is 11.2. The van der Waals surface area contributed by atoms with Crippen LogP contribution in [0.4, 0.5) is 11.4 Å². The third-order valence-corrected chi connectivity index (χ3v) is 5.40. The van der Waals surface area contributed by atoms with Crippen molar-refractivity contribution in [3.63, 3.8) is 0 Å². The smallest absolute Gasteiger partial charge is 0.274 e. The SMILES string of the molecule is CN=C(NCc1ccccc1[N+](=O)[O-])NC1CCN(c2cc(OC)cc(OC)c2)CC1.I. The summed E-state index contributed by atoms with van der Waals surface area (Å²) in [4.78, 5) is 17.4. The summed E-state index contributed by atoms with van der Waals surface area (Å²) in [6, 6.07) is 12.9. The Kier molecular flexibility index (Phi) is 9.82. The standard InChI is InChI=1S/C22H29N5O4.HI/c1-23-22(24-15-16-6-4-5-7-21(16)27(28)29)25-17-8-10-26(11-9-17)18-12-19(30-2)14-20(13-18)31-3;/h4-7,12-14,17H,8-11,15H2,1-3H3,(H2,23,24,25);1H. The molecular formula is C22H30IN5O4. The predicted octanol–water partition coefficient (Wildman–Crippen LogP) is 3.56. The quantitative estimate of drug-likeness (QED) is 0.177. The van der Waals surface area contributed by atoms with Crippen molar-refractivity contribution >= 4 is 41.3 Å². The second-order valence-electron chi connectivity index (χ2n) is 7.29. The van der Waals surface area contributed by atoms with Crippen LogP contribution in [0.1, 0.15) is 18.4 Å². The molecule has 9 nitrogen and oxygen atoms in total. The zero-order valence-corrected chi connectivity index (χ0v) is 20.9. The zero-order chi connectivity index (χ0) is 22.2. The minimum atomic E-state index is -0.365. The van der Waals surface area contributed by atoms with Crippen LogP contribution in [0.2, 0.25) is 0 Å². The first-order chi connectivity index (χ1) is 15.0. The molecule has 0 spiro atoms. The van der Waals surface area contributed by atoms with Gasteiger partial charge in [0.25, 0.3) is 5.69 Å². The molecule has 0 amide bonds. The minimum Gasteiger partial charge on any atom is -0.497 e. The largest absolute Gasteiger partial charge is 0.497 e. The van der Waals surface area contributed by atoms with Gasteiger partial charge in [0.2, 0.25) is 0 Å². The Balaban J connectivity index is 0.00000363. The van der Waals surface area contributed by atoms with E-state index in [0.29, 0.717) is 18.1 Å². The first-order valence-electron chi connectivity index (χ1n) is 10.2. The average molecular weight is 555 g/mol. The van der Waals surface area contributed by atoms with Crippen LogP contribution < -0.4 is 25.0 Å². The molecule has 2 aromatic carbocycles. The van der Waals surface area contributed by atoms with Crippen LogP contribution in [0.5, 0.6) is 11.5 Å². The number of hydrogen-bond acceptors (Lipinski definition) is 6. The lowest BCUT2D eigenvalue weighted by Crippen LogP contribution is -2.48. The highest BCUT2D eigenvalue weighted by Crippen LogP contribution is 2.30. The Labute approximate surface area is 205 Å². The van der Waals surface area contributed by atoms with Crippen molar-refractivity contribution in [2.45, 2.75) is 25.4 Å². The molecule has 3 rings (SSSR count). The molecule has 2 N–H and O–H groups in total. The third-order valence-electron chi connectivity index (χ3n) is 5.40. The van der Waals surface area contributed by atoms with Crippen LogP contribution in [0.3, 0.4) is 0 Å². The van der Waals surface area contributed by atoms with Gasteiger partial charge in [-0.1, -0.05) is 18.2 Å². The number of anilines is 1. The molecule has 0 atom stereocenters. The zero-order valence-electron chi connectivity index (χ0n) is 18.5. The van der Waals surface area contributed by atoms with Gasteiger partial charge in [0, 0.05) is 68.2 Å². The van der Waals surface area contributed by atoms with E-state index in [1.807, 2.05) is 18.2 Å². The number of ether oxygens (including phenoxy) is 2. The van der Waals surface area contributed by atoms with Gasteiger partial charge < -0.3 is 25.0 Å². The maximum Gasteiger partial charge on any atom is 0.274 e. The van der Waals surface area contributed by atoms with Gasteiger partial charge in [-0.3, -0.25) is 15.1 Å². The van der Waals surface area contributed by atoms with Crippen molar-refractivity contribution in [2.24, 2.45) is 4.99 Å². The number of piperidine rings is 1. The lowest BCUT2D eigenvalue weighted by Gasteiger charge is -2.34. The van der Waals surface area contributed by atoms with E-state index in [9.17, 15) is 10.1 Å². The fourth-order valence-corrected chi connectivity index (χ4v) is 3.66. The molecule has 1 saturated heterocycles. The van der Waals surface area contributed by atoms with Crippen molar-refractivity contribution < 1.29 is 14.4 Å². The first-order valence-corrected chi connectivity index (χ1v) is 10.2. The molecule has 174 valence electrons. The Hall–Kier alpha value is -2.76. The number of halogens is 1. The van der Waals surface area contributed by atoms with E-state index in [1.54, 1.807) is 39.5 Å². The van der Waals surface area contributed by atoms with Crippen LogP contribution >= 0.6 is 24.0 Å². The summed E-state index contributed by atoms with van der Waals surface area (Å²) in [5.74, 6) is 2.18. The van der Waals surface area contributed by atoms with Gasteiger partial charge in [0.05, 0.1) is 19.1 Å². The first kappa shape index (κ1) is 25.5. The van der Waals surface area contributed by atoms with Gasteiger partial charge in [-0.25, -0.2) is 0 Å². The molecule has 32 heavy (non-hydrogen) atoms. The molecule has 0 saturated carbocycles. The highest BCUT2D eigenvalue weighted by molar-refractivity contribution is 14.0. The summed E-state index contributed by atoms with van der Waals surface area (Å²) in [5.41, 5.74) is 1.80. The van der Waals surface area contributed by atoms with E-state index < -0.39 is 0 Å². The number of methoxy groups -OCH3 is 2. The number of nitro benzene ring substituents is 1. The Morgan fingerprint density at radius 1 is 1.16 bits per heavy atom. The number of nitrogens with zero attached hydrogens (tertiary/aromatic N) is 3. The van der Waals surface area contributed by atoms with Gasteiger partial charge >= 0.3 is 0 Å². The summed E-state index contributed by atoms with van der Waals surface area (Å²) in [7, 11) is 5.00. The molecule has 1 aliphatic rings. The molecule has 0 aliphatic carbocycles. The van der Waals surface area contributed by atoms with Gasteiger partial charge in [-0.2, -0.15) is 0 Å². The second-order valence-corrected chi connectivity index (χ2v) is 7.29. The number of hydrogen-bond donors (Lipinski definition) is 2. The molecular weight excluding hydrogens is 525 g/mol. The van der Waals surface area contributed by atoms with E-state index in [1.165, 1.54) is 6.07 Å². The lowest BCUT2D eigenvalue weighted by atomic mass is 10.0. The number of para-hydroxylation sites is 1. The topological polar surface area (TPSA) is 101 Å². The minimum absolute atomic E-state index is 0. The van der Waals surface area contributed by atoms with E-state index in [-0.39, 0.29) is 40.6 Å². The summed E-state index contributed by atoms with van der Waals surface area (Å²) in [6.07, 6.45) is 1.87. The number of rotatable bonds is 7. The normalized spacial score (nSPS) is 14.3. The fraction of sp³-hybridized carbons (Fsp3) is 0.409. The molecule has 0 unspecified atom stereocenters. The number of guanidine groups is 1. The van der Waals surface area contributed by atoms with E-state index in [0.717, 1.165) is 43.1 Å². The molecule has 10 heteroatoms. The molecule has 0 bridgehead atoms. The molecule has 1 aliphatic heterocycles. The highest BCUT2D eigenvalue weighted by Gasteiger charge is 2.21. The predicted molar refractivity (Wildman–Crippen MR) is 137 cm³/mol. The van der Waals surface area contributed by atoms with E-state index in [4.69, 9.17) is 9.47 Å². The monoisotopic (exact) mass is 555 g/mol. The van der Waals surface area contributed by atoms with Gasteiger partial charge in [-0.15, -0.1) is 24.0 Å². The van der Waals surface area contributed by atoms with Crippen molar-refractivity contribution in [2.75, 3.05) is 39.3 Å². The van der Waals surface area contributed by atoms with Gasteiger partial charge in [0.1, 0.15) is 11.5 Å². The highest BCUT2D eigenvalue weighted by atomic mass is 127. The number of benzene rings is 2. The van der Waals surface area contributed by atoms with E-state index in [2.05, 4.69) is 20.5 Å². The van der Waals surface area contributed by atoms with Crippen LogP contribution in [0.25, 0.3) is 0 Å². The average Bonchev–Trinajstić information content (AvgIpc) is 2.81. The molecule has 2 aromatic rings. The second kappa shape index (κ2) is 12.3. The number of aliphatic imine (C=N–C) groups is 1. The van der Waals surface area contributed by atoms with Gasteiger partial charge in [-0.05, 0) is 12.8 Å². The van der Waals surface area contributed by atoms with Crippen molar-refractivity contribution in [1.82, 2.24) is 10.6 Å². The van der Waals surface area contributed by atoms with Crippen molar-refractivity contribution in [3.8, 4) is 11.5 Å². The Morgan fingerprint density at radius 2 is 1.78 bits per heavy atom. The summed E-state index contributed by atoms with van der Waals surface area (Å²) in [5, 5.41) is 17.8. The van der Waals surface area contributed by atoms with Crippen molar-refractivity contribution in [1.29, 1.82) is 0 Å². The molecule has 1 heterocycles. The van der Waals surface area contributed by atoms with Crippen molar-refractivity contribution in [3.05, 3.63) is 58.1 Å². The molecule has 0 radical (unpaired) electrons. The number of nitro groups is 1. The Bertz CT molecular complexity index is 910. The van der Waals surface area contributed by atoms with Crippen LogP contribution in [-0.4, -0.2) is 51.3 Å². The number of nitrogens with one attached hydrogen (secondary N) is 2. The van der Waals surface area contributed by atoms with Crippen LogP contribution in [0, 0.1) is 10.1 Å². The maximum atomic E-state index is 11.2. The lowest BCUT2D eigenvalue weighted by molar-refractivity contribution is -0.385. The van der Waals surface area contributed by atoms with Crippen LogP contribution in [-0.2, 0) is 6.54 Å². The summed E-state index contributed by atoms with van der Waals surface area (Å²) >= 11 is 0.